The van der Waals surface area contributed by atoms with E-state index < -0.39 is 0 Å². The van der Waals surface area contributed by atoms with Gasteiger partial charge in [0.25, 0.3) is 0 Å². The predicted molar refractivity (Wildman–Crippen MR) is 113 cm³/mol. The second-order valence-corrected chi connectivity index (χ2v) is 7.72. The number of aliphatic imine (C=N–C) groups is 1. The SMILES string of the molecule is COc1cc2c(cc1OC)[C@H]1CCCC[C@H]1N=C2c1cc2cccc(OC)c2o1. The van der Waals surface area contributed by atoms with E-state index in [2.05, 4.69) is 12.1 Å². The first-order valence-corrected chi connectivity index (χ1v) is 10.1. The molecule has 2 aromatic carbocycles. The maximum Gasteiger partial charge on any atom is 0.176 e. The zero-order valence-electron chi connectivity index (χ0n) is 17.0. The minimum Gasteiger partial charge on any atom is -0.493 e. The van der Waals surface area contributed by atoms with Crippen LogP contribution in [0.1, 0.15) is 48.5 Å². The van der Waals surface area contributed by atoms with E-state index in [-0.39, 0.29) is 6.04 Å². The van der Waals surface area contributed by atoms with Gasteiger partial charge in [-0.3, -0.25) is 4.99 Å². The average Bonchev–Trinajstić information content (AvgIpc) is 3.21. The quantitative estimate of drug-likeness (QED) is 0.603. The maximum atomic E-state index is 6.27. The van der Waals surface area contributed by atoms with Crippen molar-refractivity contribution >= 4 is 16.7 Å². The Morgan fingerprint density at radius 1 is 0.897 bits per heavy atom. The standard InChI is InChI=1S/C24H25NO4/c1-26-19-10-6-7-14-11-22(29-24(14)19)23-17-13-21(28-3)20(27-2)12-16(17)15-8-4-5-9-18(15)25-23/h6-7,10-13,15,18H,4-5,8-9H2,1-3H3/t15-,18-/m1/s1. The Balaban J connectivity index is 1.72. The second-order valence-electron chi connectivity index (χ2n) is 7.72. The first-order chi connectivity index (χ1) is 14.2. The van der Waals surface area contributed by atoms with Crippen LogP contribution in [0.15, 0.2) is 45.8 Å². The molecule has 0 spiro atoms. The van der Waals surface area contributed by atoms with Crippen molar-refractivity contribution in [2.75, 3.05) is 21.3 Å². The summed E-state index contributed by atoms with van der Waals surface area (Å²) in [5, 5.41) is 1.01. The van der Waals surface area contributed by atoms with Gasteiger partial charge in [-0.15, -0.1) is 0 Å². The van der Waals surface area contributed by atoms with Gasteiger partial charge < -0.3 is 18.6 Å². The van der Waals surface area contributed by atoms with Gasteiger partial charge in [-0.25, -0.2) is 0 Å². The fourth-order valence-electron chi connectivity index (χ4n) is 4.78. The highest BCUT2D eigenvalue weighted by Gasteiger charge is 2.35. The lowest BCUT2D eigenvalue weighted by Gasteiger charge is -2.35. The van der Waals surface area contributed by atoms with Crippen LogP contribution in [0.5, 0.6) is 17.2 Å². The third-order valence-corrected chi connectivity index (χ3v) is 6.20. The molecule has 1 aliphatic carbocycles. The molecular formula is C24H25NO4. The largest absolute Gasteiger partial charge is 0.493 e. The predicted octanol–water partition coefficient (Wildman–Crippen LogP) is 5.34. The van der Waals surface area contributed by atoms with Crippen LogP contribution in [-0.4, -0.2) is 33.1 Å². The summed E-state index contributed by atoms with van der Waals surface area (Å²) in [7, 11) is 5.01. The zero-order valence-corrected chi connectivity index (χ0v) is 17.0. The van der Waals surface area contributed by atoms with Crippen LogP contribution in [0.25, 0.3) is 11.0 Å². The molecule has 0 bridgehead atoms. The third-order valence-electron chi connectivity index (χ3n) is 6.20. The van der Waals surface area contributed by atoms with Crippen molar-refractivity contribution in [2.24, 2.45) is 4.99 Å². The Morgan fingerprint density at radius 3 is 2.45 bits per heavy atom. The summed E-state index contributed by atoms with van der Waals surface area (Å²) in [6, 6.07) is 12.4. The summed E-state index contributed by atoms with van der Waals surface area (Å²) in [5.41, 5.74) is 4.00. The molecule has 29 heavy (non-hydrogen) atoms. The lowest BCUT2D eigenvalue weighted by molar-refractivity contribution is 0.349. The van der Waals surface area contributed by atoms with E-state index in [1.165, 1.54) is 18.4 Å². The number of furan rings is 1. The Kier molecular flexibility index (Phi) is 4.46. The number of rotatable bonds is 4. The molecule has 150 valence electrons. The van der Waals surface area contributed by atoms with Gasteiger partial charge in [0.05, 0.1) is 27.4 Å². The van der Waals surface area contributed by atoms with Gasteiger partial charge in [0.15, 0.2) is 28.6 Å². The Bertz CT molecular complexity index is 1100. The first-order valence-electron chi connectivity index (χ1n) is 10.1. The van der Waals surface area contributed by atoms with Crippen LogP contribution < -0.4 is 14.2 Å². The van der Waals surface area contributed by atoms with Crippen LogP contribution >= 0.6 is 0 Å². The molecule has 0 N–H and O–H groups in total. The summed E-state index contributed by atoms with van der Waals surface area (Å²) >= 11 is 0. The summed E-state index contributed by atoms with van der Waals surface area (Å²) in [6.45, 7) is 0. The van der Waals surface area contributed by atoms with Crippen molar-refractivity contribution in [3.05, 3.63) is 53.3 Å². The molecule has 1 aliphatic heterocycles. The number of nitrogens with zero attached hydrogens (tertiary/aromatic N) is 1. The van der Waals surface area contributed by atoms with Gasteiger partial charge in [0.2, 0.25) is 0 Å². The highest BCUT2D eigenvalue weighted by Crippen LogP contribution is 2.45. The Hall–Kier alpha value is -2.95. The molecule has 2 atom stereocenters. The molecule has 0 amide bonds. The molecule has 1 fully saturated rings. The van der Waals surface area contributed by atoms with Crippen molar-refractivity contribution in [1.29, 1.82) is 0 Å². The first kappa shape index (κ1) is 18.1. The number of benzene rings is 2. The van der Waals surface area contributed by atoms with Crippen molar-refractivity contribution in [2.45, 2.75) is 37.6 Å². The number of fused-ring (bicyclic) bond motifs is 4. The highest BCUT2D eigenvalue weighted by molar-refractivity contribution is 6.15. The van der Waals surface area contributed by atoms with Crippen LogP contribution in [-0.2, 0) is 0 Å². The number of para-hydroxylation sites is 1. The molecule has 0 unspecified atom stereocenters. The molecule has 5 rings (SSSR count). The molecule has 5 heteroatoms. The lowest BCUT2D eigenvalue weighted by Crippen LogP contribution is -2.29. The van der Waals surface area contributed by atoms with E-state index >= 15 is 0 Å². The summed E-state index contributed by atoms with van der Waals surface area (Å²) in [4.78, 5) is 5.18. The fraction of sp³-hybridized carbons (Fsp3) is 0.375. The molecule has 2 heterocycles. The summed E-state index contributed by atoms with van der Waals surface area (Å²) in [5.74, 6) is 3.39. The number of hydrogen-bond donors (Lipinski definition) is 0. The van der Waals surface area contributed by atoms with Crippen LogP contribution in [0.4, 0.5) is 0 Å². The van der Waals surface area contributed by atoms with Gasteiger partial charge in [-0.2, -0.15) is 0 Å². The van der Waals surface area contributed by atoms with E-state index in [0.29, 0.717) is 11.7 Å². The Morgan fingerprint density at radius 2 is 1.66 bits per heavy atom. The van der Waals surface area contributed by atoms with Crippen molar-refractivity contribution in [1.82, 2.24) is 0 Å². The topological polar surface area (TPSA) is 53.2 Å². The van der Waals surface area contributed by atoms with Crippen LogP contribution in [0, 0.1) is 0 Å². The monoisotopic (exact) mass is 391 g/mol. The molecule has 0 radical (unpaired) electrons. The molecule has 0 saturated heterocycles. The van der Waals surface area contributed by atoms with Crippen molar-refractivity contribution in [3.63, 3.8) is 0 Å². The smallest absolute Gasteiger partial charge is 0.176 e. The van der Waals surface area contributed by atoms with E-state index in [1.807, 2.05) is 24.3 Å². The summed E-state index contributed by atoms with van der Waals surface area (Å²) in [6.07, 6.45) is 4.71. The summed E-state index contributed by atoms with van der Waals surface area (Å²) < 4.78 is 22.9. The third kappa shape index (κ3) is 2.87. The number of ether oxygens (including phenoxy) is 3. The van der Waals surface area contributed by atoms with Gasteiger partial charge in [0.1, 0.15) is 5.71 Å². The van der Waals surface area contributed by atoms with E-state index in [4.69, 9.17) is 23.6 Å². The lowest BCUT2D eigenvalue weighted by atomic mass is 9.75. The molecular weight excluding hydrogens is 366 g/mol. The molecule has 5 nitrogen and oxygen atoms in total. The zero-order chi connectivity index (χ0) is 20.0. The van der Waals surface area contributed by atoms with Gasteiger partial charge in [-0.1, -0.05) is 25.0 Å². The van der Waals surface area contributed by atoms with Crippen molar-refractivity contribution in [3.8, 4) is 17.2 Å². The molecule has 3 aromatic rings. The van der Waals surface area contributed by atoms with E-state index in [0.717, 1.165) is 52.3 Å². The van der Waals surface area contributed by atoms with E-state index in [1.54, 1.807) is 21.3 Å². The number of methoxy groups -OCH3 is 3. The normalized spacial score (nSPS) is 20.6. The average molecular weight is 391 g/mol. The number of hydrogen-bond acceptors (Lipinski definition) is 5. The van der Waals surface area contributed by atoms with Gasteiger partial charge in [0, 0.05) is 16.9 Å². The Labute approximate surface area is 170 Å². The van der Waals surface area contributed by atoms with Crippen LogP contribution in [0.3, 0.4) is 0 Å². The van der Waals surface area contributed by atoms with E-state index in [9.17, 15) is 0 Å². The van der Waals surface area contributed by atoms with Crippen LogP contribution in [0.2, 0.25) is 0 Å². The van der Waals surface area contributed by atoms with Crippen molar-refractivity contribution < 1.29 is 18.6 Å². The molecule has 2 aliphatic rings. The maximum absolute atomic E-state index is 6.27. The molecule has 1 saturated carbocycles. The van der Waals surface area contributed by atoms with Gasteiger partial charge >= 0.3 is 0 Å². The fourth-order valence-corrected chi connectivity index (χ4v) is 4.78. The minimum absolute atomic E-state index is 0.277. The van der Waals surface area contributed by atoms with Gasteiger partial charge in [-0.05, 0) is 42.7 Å². The minimum atomic E-state index is 0.277. The molecule has 1 aromatic heterocycles. The highest BCUT2D eigenvalue weighted by atomic mass is 16.5. The second kappa shape index (κ2) is 7.14.